The summed E-state index contributed by atoms with van der Waals surface area (Å²) in [5.41, 5.74) is 5.28. The lowest BCUT2D eigenvalue weighted by Gasteiger charge is -2.10. The van der Waals surface area contributed by atoms with E-state index in [4.69, 9.17) is 10.9 Å². The first-order valence-electron chi connectivity index (χ1n) is 5.13. The molecule has 2 atom stereocenters. The zero-order valence-corrected chi connectivity index (χ0v) is 8.88. The first kappa shape index (κ1) is 11.8. The van der Waals surface area contributed by atoms with Crippen LogP contribution in [-0.4, -0.2) is 28.8 Å². The number of nitrogens with two attached hydrogens (primary N) is 1. The van der Waals surface area contributed by atoms with Crippen LogP contribution in [0.3, 0.4) is 0 Å². The summed E-state index contributed by atoms with van der Waals surface area (Å²) in [4.78, 5) is 10.6. The summed E-state index contributed by atoms with van der Waals surface area (Å²) < 4.78 is 27.0. The SMILES string of the molecule is NC(=O)N(O)C[C@H]1[C@H](c2ccccc2)C1(F)F. The Bertz CT molecular complexity index is 425. The van der Waals surface area contributed by atoms with Gasteiger partial charge in [-0.25, -0.2) is 18.6 Å². The van der Waals surface area contributed by atoms with Crippen LogP contribution < -0.4 is 5.73 Å². The topological polar surface area (TPSA) is 66.6 Å². The lowest BCUT2D eigenvalue weighted by molar-refractivity contribution is -0.0518. The van der Waals surface area contributed by atoms with Gasteiger partial charge in [0.2, 0.25) is 0 Å². The monoisotopic (exact) mass is 242 g/mol. The molecule has 1 aromatic carbocycles. The fraction of sp³-hybridized carbons (Fsp3) is 0.364. The van der Waals surface area contributed by atoms with Crippen LogP contribution in [0.15, 0.2) is 30.3 Å². The molecule has 4 nitrogen and oxygen atoms in total. The average Bonchev–Trinajstić information content (AvgIpc) is 2.81. The zero-order valence-electron chi connectivity index (χ0n) is 8.88. The van der Waals surface area contributed by atoms with Gasteiger partial charge in [-0.05, 0) is 5.56 Å². The summed E-state index contributed by atoms with van der Waals surface area (Å²) >= 11 is 0. The summed E-state index contributed by atoms with van der Waals surface area (Å²) in [6.45, 7) is -0.456. The first-order valence-corrected chi connectivity index (χ1v) is 5.13. The third kappa shape index (κ3) is 2.08. The number of hydrogen-bond acceptors (Lipinski definition) is 2. The number of halogens is 2. The van der Waals surface area contributed by atoms with E-state index in [1.165, 1.54) is 0 Å². The molecular formula is C11H12F2N2O2. The first-order chi connectivity index (χ1) is 7.94. The zero-order chi connectivity index (χ0) is 12.6. The van der Waals surface area contributed by atoms with Crippen LogP contribution >= 0.6 is 0 Å². The molecule has 1 fully saturated rings. The minimum atomic E-state index is -2.90. The molecule has 0 unspecified atom stereocenters. The van der Waals surface area contributed by atoms with E-state index in [2.05, 4.69) is 0 Å². The fourth-order valence-corrected chi connectivity index (χ4v) is 2.01. The van der Waals surface area contributed by atoms with Crippen LogP contribution in [0.2, 0.25) is 0 Å². The number of hydroxylamine groups is 2. The van der Waals surface area contributed by atoms with E-state index in [9.17, 15) is 13.6 Å². The number of urea groups is 1. The highest BCUT2D eigenvalue weighted by molar-refractivity contribution is 5.70. The lowest BCUT2D eigenvalue weighted by Crippen LogP contribution is -2.35. The van der Waals surface area contributed by atoms with Gasteiger partial charge in [-0.1, -0.05) is 30.3 Å². The molecular weight excluding hydrogens is 230 g/mol. The normalized spacial score (nSPS) is 25.4. The molecule has 0 bridgehead atoms. The van der Waals surface area contributed by atoms with Crippen LogP contribution in [0.4, 0.5) is 13.6 Å². The van der Waals surface area contributed by atoms with Crippen molar-refractivity contribution in [3.05, 3.63) is 35.9 Å². The molecule has 3 N–H and O–H groups in total. The number of benzene rings is 1. The van der Waals surface area contributed by atoms with Crippen molar-refractivity contribution in [3.8, 4) is 0 Å². The molecule has 2 amide bonds. The van der Waals surface area contributed by atoms with Gasteiger partial charge < -0.3 is 5.73 Å². The second-order valence-electron chi connectivity index (χ2n) is 4.09. The van der Waals surface area contributed by atoms with Gasteiger partial charge in [-0.3, -0.25) is 5.21 Å². The van der Waals surface area contributed by atoms with Gasteiger partial charge in [0, 0.05) is 0 Å². The highest BCUT2D eigenvalue weighted by Crippen LogP contribution is 2.61. The van der Waals surface area contributed by atoms with Crippen LogP contribution in [0.25, 0.3) is 0 Å². The van der Waals surface area contributed by atoms with Gasteiger partial charge in [0.25, 0.3) is 5.92 Å². The molecule has 0 radical (unpaired) electrons. The number of amides is 2. The van der Waals surface area contributed by atoms with Gasteiger partial charge in [-0.15, -0.1) is 0 Å². The van der Waals surface area contributed by atoms with E-state index in [0.717, 1.165) is 0 Å². The molecule has 1 saturated carbocycles. The minimum Gasteiger partial charge on any atom is -0.350 e. The minimum absolute atomic E-state index is 0.127. The highest BCUT2D eigenvalue weighted by atomic mass is 19.3. The molecule has 0 spiro atoms. The van der Waals surface area contributed by atoms with Crippen molar-refractivity contribution in [2.45, 2.75) is 11.8 Å². The lowest BCUT2D eigenvalue weighted by atomic mass is 10.1. The molecule has 0 aliphatic heterocycles. The standard InChI is InChI=1S/C11H12F2N2O2/c12-11(13)8(6-15(17)10(14)16)9(11)7-4-2-1-3-5-7/h1-5,8-9,17H,6H2,(H2,14,16)/t8-,9-/m0/s1. The molecule has 17 heavy (non-hydrogen) atoms. The summed E-state index contributed by atoms with van der Waals surface area (Å²) in [7, 11) is 0. The molecule has 0 aromatic heterocycles. The Hall–Kier alpha value is -1.69. The number of rotatable bonds is 3. The second kappa shape index (κ2) is 3.96. The third-order valence-electron chi connectivity index (χ3n) is 2.98. The number of primary amides is 1. The van der Waals surface area contributed by atoms with E-state index in [1.807, 2.05) is 0 Å². The molecule has 1 aliphatic carbocycles. The molecule has 1 aromatic rings. The smallest absolute Gasteiger partial charge is 0.338 e. The van der Waals surface area contributed by atoms with Crippen molar-refractivity contribution >= 4 is 6.03 Å². The van der Waals surface area contributed by atoms with Gasteiger partial charge in [0.05, 0.1) is 18.4 Å². The van der Waals surface area contributed by atoms with Crippen molar-refractivity contribution in [1.82, 2.24) is 5.06 Å². The molecule has 0 saturated heterocycles. The number of hydrogen-bond donors (Lipinski definition) is 2. The predicted octanol–water partition coefficient (Wildman–Crippen LogP) is 1.81. The van der Waals surface area contributed by atoms with Crippen LogP contribution in [0, 0.1) is 5.92 Å². The van der Waals surface area contributed by atoms with E-state index >= 15 is 0 Å². The van der Waals surface area contributed by atoms with Gasteiger partial charge in [-0.2, -0.15) is 0 Å². The quantitative estimate of drug-likeness (QED) is 0.627. The number of nitrogens with zero attached hydrogens (tertiary/aromatic N) is 1. The van der Waals surface area contributed by atoms with Gasteiger partial charge >= 0.3 is 6.03 Å². The Morgan fingerprint density at radius 2 is 2.00 bits per heavy atom. The van der Waals surface area contributed by atoms with Gasteiger partial charge in [0.1, 0.15) is 0 Å². The maximum Gasteiger partial charge on any atom is 0.338 e. The molecule has 0 heterocycles. The molecule has 92 valence electrons. The molecule has 1 aliphatic rings. The number of carbonyl (C=O) groups is 1. The van der Waals surface area contributed by atoms with Crippen molar-refractivity contribution in [1.29, 1.82) is 0 Å². The molecule has 2 rings (SSSR count). The predicted molar refractivity (Wildman–Crippen MR) is 55.7 cm³/mol. The maximum absolute atomic E-state index is 13.5. The highest BCUT2D eigenvalue weighted by Gasteiger charge is 2.69. The van der Waals surface area contributed by atoms with Crippen molar-refractivity contribution in [3.63, 3.8) is 0 Å². The van der Waals surface area contributed by atoms with Crippen LogP contribution in [0.1, 0.15) is 11.5 Å². The van der Waals surface area contributed by atoms with Crippen molar-refractivity contribution in [2.24, 2.45) is 11.7 Å². The summed E-state index contributed by atoms with van der Waals surface area (Å²) in [5, 5.41) is 9.19. The Balaban J connectivity index is 2.09. The Morgan fingerprint density at radius 1 is 1.41 bits per heavy atom. The van der Waals surface area contributed by atoms with E-state index in [0.29, 0.717) is 5.56 Å². The molecule has 6 heteroatoms. The number of carbonyl (C=O) groups excluding carboxylic acids is 1. The van der Waals surface area contributed by atoms with E-state index in [1.54, 1.807) is 30.3 Å². The Labute approximate surface area is 96.6 Å². The Kier molecular flexibility index (Phi) is 2.74. The van der Waals surface area contributed by atoms with E-state index < -0.39 is 30.3 Å². The van der Waals surface area contributed by atoms with Gasteiger partial charge in [0.15, 0.2) is 0 Å². The van der Waals surface area contributed by atoms with Crippen LogP contribution in [-0.2, 0) is 0 Å². The number of alkyl halides is 2. The van der Waals surface area contributed by atoms with Crippen LogP contribution in [0.5, 0.6) is 0 Å². The maximum atomic E-state index is 13.5. The third-order valence-corrected chi connectivity index (χ3v) is 2.98. The largest absolute Gasteiger partial charge is 0.350 e. The fourth-order valence-electron chi connectivity index (χ4n) is 2.01. The summed E-state index contributed by atoms with van der Waals surface area (Å²) in [6, 6.07) is 7.16. The summed E-state index contributed by atoms with van der Waals surface area (Å²) in [5.74, 6) is -4.95. The van der Waals surface area contributed by atoms with Crippen molar-refractivity contribution in [2.75, 3.05) is 6.54 Å². The van der Waals surface area contributed by atoms with Crippen molar-refractivity contribution < 1.29 is 18.8 Å². The Morgan fingerprint density at radius 3 is 2.53 bits per heavy atom. The summed E-state index contributed by atoms with van der Waals surface area (Å²) in [6.07, 6.45) is 0. The van der Waals surface area contributed by atoms with E-state index in [-0.39, 0.29) is 5.06 Å². The second-order valence-corrected chi connectivity index (χ2v) is 4.09. The average molecular weight is 242 g/mol.